The Morgan fingerprint density at radius 1 is 1.29 bits per heavy atom. The van der Waals surface area contributed by atoms with Crippen LogP contribution in [-0.2, 0) is 6.54 Å². The Hall–Kier alpha value is -2.63. The van der Waals surface area contributed by atoms with E-state index in [1.807, 2.05) is 25.3 Å². The SMILES string of the molecule is Cc1nc(Cn2c(C)nc3cc(C(=O)O)ccc32)oc1C. The van der Waals surface area contributed by atoms with E-state index in [0.717, 1.165) is 22.8 Å². The van der Waals surface area contributed by atoms with Crippen molar-refractivity contribution in [1.29, 1.82) is 0 Å². The van der Waals surface area contributed by atoms with E-state index < -0.39 is 5.97 Å². The van der Waals surface area contributed by atoms with Crippen molar-refractivity contribution in [2.24, 2.45) is 0 Å². The number of oxazole rings is 1. The van der Waals surface area contributed by atoms with Gasteiger partial charge < -0.3 is 14.1 Å². The summed E-state index contributed by atoms with van der Waals surface area (Å²) in [5.74, 6) is 1.26. The van der Waals surface area contributed by atoms with Gasteiger partial charge in [0, 0.05) is 0 Å². The van der Waals surface area contributed by atoms with Gasteiger partial charge in [0.1, 0.15) is 18.1 Å². The smallest absolute Gasteiger partial charge is 0.335 e. The highest BCUT2D eigenvalue weighted by atomic mass is 16.4. The van der Waals surface area contributed by atoms with E-state index in [2.05, 4.69) is 9.97 Å². The summed E-state index contributed by atoms with van der Waals surface area (Å²) in [5, 5.41) is 9.03. The number of carboxylic acid groups (broad SMARTS) is 1. The summed E-state index contributed by atoms with van der Waals surface area (Å²) in [6, 6.07) is 4.92. The van der Waals surface area contributed by atoms with Crippen molar-refractivity contribution in [3.8, 4) is 0 Å². The summed E-state index contributed by atoms with van der Waals surface area (Å²) in [4.78, 5) is 19.8. The van der Waals surface area contributed by atoms with Crippen molar-refractivity contribution in [3.05, 3.63) is 46.9 Å². The van der Waals surface area contributed by atoms with Crippen LogP contribution in [0.3, 0.4) is 0 Å². The molecule has 2 aromatic heterocycles. The molecule has 0 spiro atoms. The van der Waals surface area contributed by atoms with Gasteiger partial charge in [-0.1, -0.05) is 0 Å². The van der Waals surface area contributed by atoms with Crippen molar-refractivity contribution in [3.63, 3.8) is 0 Å². The Labute approximate surface area is 121 Å². The topological polar surface area (TPSA) is 81.2 Å². The maximum absolute atomic E-state index is 11.0. The van der Waals surface area contributed by atoms with Crippen molar-refractivity contribution in [2.75, 3.05) is 0 Å². The van der Waals surface area contributed by atoms with E-state index >= 15 is 0 Å². The van der Waals surface area contributed by atoms with Crippen LogP contribution in [0, 0.1) is 20.8 Å². The number of benzene rings is 1. The molecule has 1 aromatic carbocycles. The molecule has 6 nitrogen and oxygen atoms in total. The number of carbonyl (C=O) groups is 1. The summed E-state index contributed by atoms with van der Waals surface area (Å²) >= 11 is 0. The second-order valence-corrected chi connectivity index (χ2v) is 5.00. The molecule has 3 rings (SSSR count). The third-order valence-corrected chi connectivity index (χ3v) is 3.55. The van der Waals surface area contributed by atoms with Gasteiger partial charge in [-0.15, -0.1) is 0 Å². The molecule has 0 bridgehead atoms. The Bertz CT molecular complexity index is 826. The first kappa shape index (κ1) is 13.4. The van der Waals surface area contributed by atoms with Crippen LogP contribution in [0.15, 0.2) is 22.6 Å². The molecule has 6 heteroatoms. The van der Waals surface area contributed by atoms with Crippen molar-refractivity contribution < 1.29 is 14.3 Å². The van der Waals surface area contributed by atoms with Crippen molar-refractivity contribution >= 4 is 17.0 Å². The van der Waals surface area contributed by atoms with Crippen LogP contribution in [0.4, 0.5) is 0 Å². The summed E-state index contributed by atoms with van der Waals surface area (Å²) in [7, 11) is 0. The summed E-state index contributed by atoms with van der Waals surface area (Å²) in [5.41, 5.74) is 2.63. The molecule has 0 saturated heterocycles. The van der Waals surface area contributed by atoms with Crippen molar-refractivity contribution in [2.45, 2.75) is 27.3 Å². The predicted molar refractivity (Wildman–Crippen MR) is 76.5 cm³/mol. The molecule has 0 atom stereocenters. The van der Waals surface area contributed by atoms with E-state index in [1.54, 1.807) is 18.2 Å². The third kappa shape index (κ3) is 2.29. The number of carboxylic acids is 1. The van der Waals surface area contributed by atoms with Gasteiger partial charge in [-0.25, -0.2) is 14.8 Å². The standard InChI is InChI=1S/C15H15N3O3/c1-8-9(2)21-14(16-8)7-18-10(3)17-12-6-11(15(19)20)4-5-13(12)18/h4-6H,7H2,1-3H3,(H,19,20). The largest absolute Gasteiger partial charge is 0.478 e. The molecule has 0 amide bonds. The van der Waals surface area contributed by atoms with Crippen LogP contribution in [0.2, 0.25) is 0 Å². The number of aromatic carboxylic acids is 1. The molecule has 0 aliphatic rings. The van der Waals surface area contributed by atoms with Gasteiger partial charge in [0.05, 0.1) is 22.3 Å². The van der Waals surface area contributed by atoms with Crippen LogP contribution < -0.4 is 0 Å². The van der Waals surface area contributed by atoms with Crippen molar-refractivity contribution in [1.82, 2.24) is 14.5 Å². The molecule has 1 N–H and O–H groups in total. The number of hydrogen-bond acceptors (Lipinski definition) is 4. The van der Waals surface area contributed by atoms with Gasteiger partial charge >= 0.3 is 5.97 Å². The molecule has 0 aliphatic heterocycles. The molecular weight excluding hydrogens is 270 g/mol. The van der Waals surface area contributed by atoms with Gasteiger partial charge in [0.25, 0.3) is 0 Å². The van der Waals surface area contributed by atoms with Gasteiger partial charge in [-0.2, -0.15) is 0 Å². The molecule has 21 heavy (non-hydrogen) atoms. The highest BCUT2D eigenvalue weighted by Gasteiger charge is 2.13. The Kier molecular flexibility index (Phi) is 3.01. The fraction of sp³-hybridized carbons (Fsp3) is 0.267. The van der Waals surface area contributed by atoms with Crippen LogP contribution >= 0.6 is 0 Å². The van der Waals surface area contributed by atoms with Gasteiger partial charge in [-0.05, 0) is 39.0 Å². The zero-order chi connectivity index (χ0) is 15.1. The van der Waals surface area contributed by atoms with Gasteiger partial charge in [0.2, 0.25) is 5.89 Å². The fourth-order valence-corrected chi connectivity index (χ4v) is 2.32. The Morgan fingerprint density at radius 3 is 2.67 bits per heavy atom. The van der Waals surface area contributed by atoms with E-state index in [1.165, 1.54) is 0 Å². The first-order chi connectivity index (χ1) is 9.95. The second-order valence-electron chi connectivity index (χ2n) is 5.00. The lowest BCUT2D eigenvalue weighted by Gasteiger charge is -2.03. The molecule has 3 aromatic rings. The van der Waals surface area contributed by atoms with Gasteiger partial charge in [0.15, 0.2) is 0 Å². The highest BCUT2D eigenvalue weighted by Crippen LogP contribution is 2.20. The highest BCUT2D eigenvalue weighted by molar-refractivity contribution is 5.92. The number of hydrogen-bond donors (Lipinski definition) is 1. The number of imidazole rings is 1. The summed E-state index contributed by atoms with van der Waals surface area (Å²) in [6.07, 6.45) is 0. The minimum Gasteiger partial charge on any atom is -0.478 e. The molecule has 0 radical (unpaired) electrons. The number of nitrogens with zero attached hydrogens (tertiary/aromatic N) is 3. The number of rotatable bonds is 3. The first-order valence-corrected chi connectivity index (χ1v) is 6.59. The average molecular weight is 285 g/mol. The quantitative estimate of drug-likeness (QED) is 0.800. The number of aryl methyl sites for hydroxylation is 3. The summed E-state index contributed by atoms with van der Waals surface area (Å²) < 4.78 is 7.56. The zero-order valence-electron chi connectivity index (χ0n) is 12.0. The first-order valence-electron chi connectivity index (χ1n) is 6.59. The fourth-order valence-electron chi connectivity index (χ4n) is 2.32. The molecular formula is C15H15N3O3. The third-order valence-electron chi connectivity index (χ3n) is 3.55. The van der Waals surface area contributed by atoms with Crippen LogP contribution in [0.1, 0.15) is 33.5 Å². The predicted octanol–water partition coefficient (Wildman–Crippen LogP) is 2.70. The average Bonchev–Trinajstić information content (AvgIpc) is 2.90. The maximum atomic E-state index is 11.0. The molecule has 0 aliphatic carbocycles. The monoisotopic (exact) mass is 285 g/mol. The van der Waals surface area contributed by atoms with Crippen LogP contribution in [0.25, 0.3) is 11.0 Å². The maximum Gasteiger partial charge on any atom is 0.335 e. The lowest BCUT2D eigenvalue weighted by Crippen LogP contribution is -2.02. The van der Waals surface area contributed by atoms with E-state index in [9.17, 15) is 4.79 Å². The van der Waals surface area contributed by atoms with Gasteiger partial charge in [-0.3, -0.25) is 0 Å². The van der Waals surface area contributed by atoms with Crippen LogP contribution in [-0.4, -0.2) is 25.6 Å². The Morgan fingerprint density at radius 2 is 2.05 bits per heavy atom. The minimum absolute atomic E-state index is 0.231. The minimum atomic E-state index is -0.956. The number of aromatic nitrogens is 3. The summed E-state index contributed by atoms with van der Waals surface area (Å²) in [6.45, 7) is 6.14. The molecule has 0 unspecified atom stereocenters. The van der Waals surface area contributed by atoms with Crippen LogP contribution in [0.5, 0.6) is 0 Å². The number of fused-ring (bicyclic) bond motifs is 1. The normalized spacial score (nSPS) is 11.2. The van der Waals surface area contributed by atoms with E-state index in [4.69, 9.17) is 9.52 Å². The Balaban J connectivity index is 2.06. The lowest BCUT2D eigenvalue weighted by atomic mass is 10.2. The second kappa shape index (κ2) is 4.73. The molecule has 108 valence electrons. The molecule has 0 fully saturated rings. The van der Waals surface area contributed by atoms with E-state index in [0.29, 0.717) is 18.0 Å². The van der Waals surface area contributed by atoms with E-state index in [-0.39, 0.29) is 5.56 Å². The lowest BCUT2D eigenvalue weighted by molar-refractivity contribution is 0.0697. The molecule has 2 heterocycles. The molecule has 0 saturated carbocycles. The zero-order valence-corrected chi connectivity index (χ0v) is 12.0.